The summed E-state index contributed by atoms with van der Waals surface area (Å²) in [6.45, 7) is 2.01. The number of rotatable bonds is 4. The average molecular weight is 340 g/mol. The van der Waals surface area contributed by atoms with Gasteiger partial charge in [-0.2, -0.15) is 0 Å². The van der Waals surface area contributed by atoms with Gasteiger partial charge in [-0.1, -0.05) is 33.8 Å². The summed E-state index contributed by atoms with van der Waals surface area (Å²) < 4.78 is 15.1. The van der Waals surface area contributed by atoms with Gasteiger partial charge in [0.05, 0.1) is 0 Å². The Morgan fingerprint density at radius 3 is 2.42 bits per heavy atom. The van der Waals surface area contributed by atoms with E-state index in [9.17, 15) is 4.39 Å². The lowest BCUT2D eigenvalue weighted by atomic mass is 10.1. The van der Waals surface area contributed by atoms with Crippen molar-refractivity contribution in [3.05, 3.63) is 58.3 Å². The van der Waals surface area contributed by atoms with Crippen LogP contribution in [0.4, 0.5) is 4.39 Å². The smallest absolute Gasteiger partial charge is 0.137 e. The topological polar surface area (TPSA) is 12.0 Å². The summed E-state index contributed by atoms with van der Waals surface area (Å²) >= 11 is 4.82. The zero-order chi connectivity index (χ0) is 13.8. The Morgan fingerprint density at radius 2 is 1.84 bits per heavy atom. The second kappa shape index (κ2) is 6.55. The minimum atomic E-state index is -0.174. The van der Waals surface area contributed by atoms with Gasteiger partial charge in [0.1, 0.15) is 5.82 Å². The Balaban J connectivity index is 2.19. The highest BCUT2D eigenvalue weighted by Gasteiger charge is 2.08. The summed E-state index contributed by atoms with van der Waals surface area (Å²) in [5.74, 6) is -0.174. The monoisotopic (exact) mass is 339 g/mol. The van der Waals surface area contributed by atoms with Crippen LogP contribution in [0, 0.1) is 5.82 Å². The van der Waals surface area contributed by atoms with Crippen LogP contribution in [0.15, 0.2) is 56.7 Å². The summed E-state index contributed by atoms with van der Waals surface area (Å²) in [6.07, 6.45) is 0. The summed E-state index contributed by atoms with van der Waals surface area (Å²) in [5.41, 5.74) is 0.958. The van der Waals surface area contributed by atoms with Crippen molar-refractivity contribution in [1.82, 2.24) is 5.32 Å². The molecule has 0 aliphatic rings. The summed E-state index contributed by atoms with van der Waals surface area (Å²) in [6, 6.07) is 13.4. The first kappa shape index (κ1) is 14.6. The Kier molecular flexibility index (Phi) is 5.02. The molecule has 0 amide bonds. The van der Waals surface area contributed by atoms with Gasteiger partial charge in [0.25, 0.3) is 0 Å². The van der Waals surface area contributed by atoms with Crippen molar-refractivity contribution < 1.29 is 4.39 Å². The molecule has 1 unspecified atom stereocenters. The van der Waals surface area contributed by atoms with Gasteiger partial charge in [0.15, 0.2) is 0 Å². The maximum absolute atomic E-state index is 14.1. The molecule has 0 radical (unpaired) electrons. The third kappa shape index (κ3) is 3.81. The lowest BCUT2D eigenvalue weighted by molar-refractivity contribution is 0.587. The number of nitrogens with one attached hydrogen (secondary N) is 1. The van der Waals surface area contributed by atoms with E-state index >= 15 is 0 Å². The molecule has 100 valence electrons. The van der Waals surface area contributed by atoms with Gasteiger partial charge in [0, 0.05) is 20.3 Å². The van der Waals surface area contributed by atoms with Gasteiger partial charge >= 0.3 is 0 Å². The van der Waals surface area contributed by atoms with Gasteiger partial charge in [-0.15, -0.1) is 0 Å². The Bertz CT molecular complexity index is 557. The van der Waals surface area contributed by atoms with E-state index < -0.39 is 0 Å². The molecule has 2 rings (SSSR count). The lowest BCUT2D eigenvalue weighted by Gasteiger charge is -2.12. The predicted octanol–water partition coefficient (Wildman–Crippen LogP) is 5.02. The van der Waals surface area contributed by atoms with Gasteiger partial charge in [-0.25, -0.2) is 4.39 Å². The Morgan fingerprint density at radius 1 is 1.16 bits per heavy atom. The second-order valence-electron chi connectivity index (χ2n) is 4.26. The fourth-order valence-electron chi connectivity index (χ4n) is 1.67. The Labute approximate surface area is 125 Å². The van der Waals surface area contributed by atoms with E-state index in [0.29, 0.717) is 4.90 Å². The van der Waals surface area contributed by atoms with E-state index in [-0.39, 0.29) is 11.9 Å². The number of hydrogen-bond donors (Lipinski definition) is 1. The minimum Gasteiger partial charge on any atom is -0.313 e. The van der Waals surface area contributed by atoms with Crippen molar-refractivity contribution >= 4 is 27.7 Å². The maximum atomic E-state index is 14.1. The van der Waals surface area contributed by atoms with E-state index in [1.54, 1.807) is 6.07 Å². The number of hydrogen-bond acceptors (Lipinski definition) is 2. The van der Waals surface area contributed by atoms with Gasteiger partial charge in [0.2, 0.25) is 0 Å². The molecule has 0 aromatic heterocycles. The molecule has 0 saturated heterocycles. The molecule has 0 aliphatic carbocycles. The third-order valence-corrected chi connectivity index (χ3v) is 4.52. The van der Waals surface area contributed by atoms with Crippen molar-refractivity contribution in [3.63, 3.8) is 0 Å². The first-order chi connectivity index (χ1) is 9.10. The van der Waals surface area contributed by atoms with Crippen LogP contribution in [0.2, 0.25) is 0 Å². The lowest BCUT2D eigenvalue weighted by Crippen LogP contribution is -2.12. The van der Waals surface area contributed by atoms with E-state index in [2.05, 4.69) is 21.2 Å². The highest BCUT2D eigenvalue weighted by molar-refractivity contribution is 9.10. The van der Waals surface area contributed by atoms with E-state index in [0.717, 1.165) is 14.9 Å². The van der Waals surface area contributed by atoms with Gasteiger partial charge in [-0.05, 0) is 55.9 Å². The quantitative estimate of drug-likeness (QED) is 0.839. The van der Waals surface area contributed by atoms with Crippen LogP contribution in [-0.2, 0) is 0 Å². The molecule has 0 fully saturated rings. The van der Waals surface area contributed by atoms with Crippen molar-refractivity contribution in [2.75, 3.05) is 7.05 Å². The molecular weight excluding hydrogens is 325 g/mol. The molecule has 0 heterocycles. The van der Waals surface area contributed by atoms with Crippen LogP contribution < -0.4 is 5.32 Å². The molecule has 4 heteroatoms. The molecule has 1 atom stereocenters. The van der Waals surface area contributed by atoms with Crippen LogP contribution >= 0.6 is 27.7 Å². The van der Waals surface area contributed by atoms with Crippen LogP contribution in [0.25, 0.3) is 0 Å². The third-order valence-electron chi connectivity index (χ3n) is 2.93. The maximum Gasteiger partial charge on any atom is 0.137 e. The Hall–Kier alpha value is -0.840. The molecule has 0 bridgehead atoms. The van der Waals surface area contributed by atoms with Crippen LogP contribution in [-0.4, -0.2) is 7.05 Å². The summed E-state index contributed by atoms with van der Waals surface area (Å²) in [4.78, 5) is 1.67. The summed E-state index contributed by atoms with van der Waals surface area (Å²) in [5, 5.41) is 3.11. The fourth-order valence-corrected chi connectivity index (χ4v) is 2.75. The number of halogens is 2. The van der Waals surface area contributed by atoms with Crippen LogP contribution in [0.5, 0.6) is 0 Å². The van der Waals surface area contributed by atoms with Gasteiger partial charge in [-0.3, -0.25) is 0 Å². The molecule has 0 aliphatic heterocycles. The largest absolute Gasteiger partial charge is 0.313 e. The standard InChI is InChI=1S/C15H15BrFNS/c1-10(18-2)11-3-8-15(14(17)9-11)19-13-6-4-12(16)5-7-13/h3-10,18H,1-2H3. The van der Waals surface area contributed by atoms with Crippen LogP contribution in [0.1, 0.15) is 18.5 Å². The molecule has 0 spiro atoms. The first-order valence-electron chi connectivity index (χ1n) is 6.00. The predicted molar refractivity (Wildman–Crippen MR) is 82.1 cm³/mol. The van der Waals surface area contributed by atoms with E-state index in [4.69, 9.17) is 0 Å². The molecular formula is C15H15BrFNS. The average Bonchev–Trinajstić information content (AvgIpc) is 2.42. The number of benzene rings is 2. The summed E-state index contributed by atoms with van der Waals surface area (Å²) in [7, 11) is 1.87. The van der Waals surface area contributed by atoms with Gasteiger partial charge < -0.3 is 5.32 Å². The second-order valence-corrected chi connectivity index (χ2v) is 6.29. The van der Waals surface area contributed by atoms with Crippen LogP contribution in [0.3, 0.4) is 0 Å². The zero-order valence-corrected chi connectivity index (χ0v) is 13.2. The SMILES string of the molecule is CNC(C)c1ccc(Sc2ccc(Br)cc2)c(F)c1. The molecule has 1 nitrogen and oxygen atoms in total. The van der Waals surface area contributed by atoms with Crippen molar-refractivity contribution in [2.45, 2.75) is 22.8 Å². The normalized spacial score (nSPS) is 12.4. The van der Waals surface area contributed by atoms with Crippen molar-refractivity contribution in [3.8, 4) is 0 Å². The molecule has 2 aromatic carbocycles. The fraction of sp³-hybridized carbons (Fsp3) is 0.200. The molecule has 0 saturated carbocycles. The molecule has 1 N–H and O–H groups in total. The first-order valence-corrected chi connectivity index (χ1v) is 7.61. The minimum absolute atomic E-state index is 0.154. The van der Waals surface area contributed by atoms with E-state index in [1.807, 2.05) is 50.4 Å². The highest BCUT2D eigenvalue weighted by atomic mass is 79.9. The highest BCUT2D eigenvalue weighted by Crippen LogP contribution is 2.31. The van der Waals surface area contributed by atoms with E-state index in [1.165, 1.54) is 11.8 Å². The molecule has 2 aromatic rings. The van der Waals surface area contributed by atoms with Crippen molar-refractivity contribution in [2.24, 2.45) is 0 Å². The zero-order valence-electron chi connectivity index (χ0n) is 10.8. The molecule has 19 heavy (non-hydrogen) atoms. The van der Waals surface area contributed by atoms with Crippen molar-refractivity contribution in [1.29, 1.82) is 0 Å².